The first-order valence-electron chi connectivity index (χ1n) is 26.8. The van der Waals surface area contributed by atoms with Crippen LogP contribution in [0.25, 0.3) is 98.7 Å². The molecule has 0 aliphatic carbocycles. The maximum atomic E-state index is 2.47. The van der Waals surface area contributed by atoms with E-state index in [1.807, 2.05) is 0 Å². The van der Waals surface area contributed by atoms with E-state index in [0.717, 1.165) is 34.1 Å². The fraction of sp³-hybridized carbons (Fsp3) is 0. The van der Waals surface area contributed by atoms with Gasteiger partial charge in [-0.2, -0.15) is 0 Å². The van der Waals surface area contributed by atoms with Gasteiger partial charge in [-0.25, -0.2) is 0 Å². The molecular formula is C76H52N2. The number of rotatable bonds is 11. The second-order valence-corrected chi connectivity index (χ2v) is 20.0. The summed E-state index contributed by atoms with van der Waals surface area (Å²) < 4.78 is 0. The molecule has 14 aromatic rings. The number of benzene rings is 14. The Hall–Kier alpha value is -10.3. The van der Waals surface area contributed by atoms with E-state index >= 15 is 0 Å². The third kappa shape index (κ3) is 8.34. The minimum absolute atomic E-state index is 1.08. The van der Waals surface area contributed by atoms with Gasteiger partial charge in [-0.15, -0.1) is 0 Å². The second-order valence-electron chi connectivity index (χ2n) is 20.0. The van der Waals surface area contributed by atoms with Crippen LogP contribution in [0.2, 0.25) is 0 Å². The van der Waals surface area contributed by atoms with Gasteiger partial charge in [0.15, 0.2) is 0 Å². The van der Waals surface area contributed by atoms with Gasteiger partial charge in [0.05, 0.1) is 11.4 Å². The minimum atomic E-state index is 1.08. The van der Waals surface area contributed by atoms with Crippen LogP contribution in [-0.4, -0.2) is 0 Å². The molecule has 0 saturated heterocycles. The van der Waals surface area contributed by atoms with E-state index < -0.39 is 0 Å². The molecule has 0 aromatic heterocycles. The molecule has 0 radical (unpaired) electrons. The molecule has 0 saturated carbocycles. The van der Waals surface area contributed by atoms with E-state index in [9.17, 15) is 0 Å². The molecule has 0 bridgehead atoms. The molecule has 0 unspecified atom stereocenters. The molecule has 0 fully saturated rings. The van der Waals surface area contributed by atoms with Crippen molar-refractivity contribution in [2.75, 3.05) is 9.80 Å². The average molecular weight is 993 g/mol. The van der Waals surface area contributed by atoms with Gasteiger partial charge in [-0.3, -0.25) is 0 Å². The van der Waals surface area contributed by atoms with Crippen molar-refractivity contribution in [3.8, 4) is 55.6 Å². The van der Waals surface area contributed by atoms with E-state index in [1.54, 1.807) is 0 Å². The summed E-state index contributed by atoms with van der Waals surface area (Å²) in [5.74, 6) is 0. The first-order valence-corrected chi connectivity index (χ1v) is 26.8. The van der Waals surface area contributed by atoms with Crippen molar-refractivity contribution in [2.45, 2.75) is 0 Å². The fourth-order valence-electron chi connectivity index (χ4n) is 11.8. The number of fused-ring (bicyclic) bond motifs is 4. The number of nitrogens with zero attached hydrogens (tertiary/aromatic N) is 2. The second kappa shape index (κ2) is 20.1. The Kier molecular flexibility index (Phi) is 11.9. The van der Waals surface area contributed by atoms with Gasteiger partial charge in [0.25, 0.3) is 0 Å². The van der Waals surface area contributed by atoms with Crippen molar-refractivity contribution in [3.05, 3.63) is 315 Å². The molecule has 14 rings (SSSR count). The molecule has 0 amide bonds. The molecule has 0 atom stereocenters. The van der Waals surface area contributed by atoms with Gasteiger partial charge in [0, 0.05) is 44.3 Å². The Morgan fingerprint density at radius 2 is 0.308 bits per heavy atom. The minimum Gasteiger partial charge on any atom is -0.309 e. The largest absolute Gasteiger partial charge is 0.309 e. The van der Waals surface area contributed by atoms with E-state index in [1.165, 1.54) is 98.7 Å². The van der Waals surface area contributed by atoms with Gasteiger partial charge in [0.2, 0.25) is 0 Å². The molecule has 0 spiro atoms. The summed E-state index contributed by atoms with van der Waals surface area (Å²) in [6.45, 7) is 0. The lowest BCUT2D eigenvalue weighted by Gasteiger charge is -2.31. The number of hydrogen-bond donors (Lipinski definition) is 0. The van der Waals surface area contributed by atoms with Gasteiger partial charge in [-0.05, 0) is 126 Å². The van der Waals surface area contributed by atoms with Crippen LogP contribution in [0.5, 0.6) is 0 Å². The van der Waals surface area contributed by atoms with Gasteiger partial charge >= 0.3 is 0 Å². The normalized spacial score (nSPS) is 11.3. The summed E-state index contributed by atoms with van der Waals surface area (Å²) in [4.78, 5) is 4.95. The molecule has 0 heterocycles. The summed E-state index contributed by atoms with van der Waals surface area (Å²) in [6, 6.07) is 115. The van der Waals surface area contributed by atoms with E-state index in [2.05, 4.69) is 325 Å². The quantitative estimate of drug-likeness (QED) is 0.119. The monoisotopic (exact) mass is 992 g/mol. The van der Waals surface area contributed by atoms with E-state index in [-0.39, 0.29) is 0 Å². The summed E-state index contributed by atoms with van der Waals surface area (Å²) in [5.41, 5.74) is 18.5. The van der Waals surface area contributed by atoms with Gasteiger partial charge in [0.1, 0.15) is 0 Å². The highest BCUT2D eigenvalue weighted by atomic mass is 15.2. The van der Waals surface area contributed by atoms with Crippen LogP contribution in [0, 0.1) is 0 Å². The summed E-state index contributed by atoms with van der Waals surface area (Å²) in [5, 5.41) is 9.42. The smallest absolute Gasteiger partial charge is 0.0618 e. The molecule has 0 aliphatic rings. The molecule has 0 aliphatic heterocycles. The molecule has 2 nitrogen and oxygen atoms in total. The first kappa shape index (κ1) is 46.3. The topological polar surface area (TPSA) is 6.48 Å². The molecule has 2 heteroatoms. The third-order valence-corrected chi connectivity index (χ3v) is 15.4. The highest BCUT2D eigenvalue weighted by Crippen LogP contribution is 2.54. The van der Waals surface area contributed by atoms with Crippen LogP contribution >= 0.6 is 0 Å². The van der Waals surface area contributed by atoms with Crippen molar-refractivity contribution in [3.63, 3.8) is 0 Å². The van der Waals surface area contributed by atoms with Crippen molar-refractivity contribution >= 4 is 77.2 Å². The zero-order valence-corrected chi connectivity index (χ0v) is 42.9. The van der Waals surface area contributed by atoms with E-state index in [4.69, 9.17) is 0 Å². The van der Waals surface area contributed by atoms with Crippen molar-refractivity contribution in [2.24, 2.45) is 0 Å². The van der Waals surface area contributed by atoms with Crippen LogP contribution in [0.3, 0.4) is 0 Å². The van der Waals surface area contributed by atoms with Crippen LogP contribution in [0.15, 0.2) is 315 Å². The summed E-state index contributed by atoms with van der Waals surface area (Å²) in [6.07, 6.45) is 0. The fourth-order valence-corrected chi connectivity index (χ4v) is 11.8. The van der Waals surface area contributed by atoms with Gasteiger partial charge in [-0.1, -0.05) is 267 Å². The number of anilines is 6. The van der Waals surface area contributed by atoms with E-state index in [0.29, 0.717) is 0 Å². The predicted octanol–water partition coefficient (Wildman–Crippen LogP) is 21.6. The van der Waals surface area contributed by atoms with Crippen molar-refractivity contribution < 1.29 is 0 Å². The SMILES string of the molecule is c1ccc(-c2ccc(N(c3ccc(-c4ccccc4)cc3)c3c4ccccc4c(-c4c5ccccc5c(N(c5ccc(-c6ccccc6)cc5)c5ccc(-c6ccccc6)cc5)c5ccccc45)c4ccccc34)cc2)cc1. The molecule has 14 aromatic carbocycles. The standard InChI is InChI=1S/C76H52N2/c1-5-21-53(22-6-1)57-37-45-61(46-38-57)77(62-47-39-58(40-48-62)54-23-7-2-8-24-54)75-69-33-17-13-29-65(69)73(66-30-14-18-34-70(66)75)74-67-31-15-19-35-71(67)76(72-36-20-16-32-68(72)74)78(63-49-41-59(42-50-63)55-25-9-3-10-26-55)64-51-43-60(44-52-64)56-27-11-4-12-28-56/h1-52H. The summed E-state index contributed by atoms with van der Waals surface area (Å²) >= 11 is 0. The average Bonchev–Trinajstić information content (AvgIpc) is 3.58. The lowest BCUT2D eigenvalue weighted by atomic mass is 9.84. The zero-order chi connectivity index (χ0) is 51.8. The Morgan fingerprint density at radius 1 is 0.141 bits per heavy atom. The maximum Gasteiger partial charge on any atom is 0.0618 e. The Morgan fingerprint density at radius 3 is 0.513 bits per heavy atom. The van der Waals surface area contributed by atoms with Crippen LogP contribution in [0.1, 0.15) is 0 Å². The third-order valence-electron chi connectivity index (χ3n) is 15.4. The van der Waals surface area contributed by atoms with Crippen LogP contribution in [0.4, 0.5) is 34.1 Å². The highest BCUT2D eigenvalue weighted by Gasteiger charge is 2.27. The Balaban J connectivity index is 1.01. The lowest BCUT2D eigenvalue weighted by molar-refractivity contribution is 1.31. The van der Waals surface area contributed by atoms with Crippen LogP contribution < -0.4 is 9.80 Å². The molecule has 366 valence electrons. The van der Waals surface area contributed by atoms with Crippen molar-refractivity contribution in [1.29, 1.82) is 0 Å². The molecule has 78 heavy (non-hydrogen) atoms. The molecule has 0 N–H and O–H groups in total. The predicted molar refractivity (Wildman–Crippen MR) is 333 cm³/mol. The Labute approximate surface area is 455 Å². The van der Waals surface area contributed by atoms with Crippen molar-refractivity contribution in [1.82, 2.24) is 0 Å². The van der Waals surface area contributed by atoms with Crippen LogP contribution in [-0.2, 0) is 0 Å². The molecular weight excluding hydrogens is 941 g/mol. The number of hydrogen-bond acceptors (Lipinski definition) is 2. The summed E-state index contributed by atoms with van der Waals surface area (Å²) in [7, 11) is 0. The lowest BCUT2D eigenvalue weighted by Crippen LogP contribution is -2.12. The van der Waals surface area contributed by atoms with Gasteiger partial charge < -0.3 is 9.80 Å². The first-order chi connectivity index (χ1) is 38.7. The zero-order valence-electron chi connectivity index (χ0n) is 42.9. The highest BCUT2D eigenvalue weighted by molar-refractivity contribution is 6.30. The Bertz CT molecular complexity index is 3850. The maximum absolute atomic E-state index is 2.47.